The van der Waals surface area contributed by atoms with Gasteiger partial charge in [0.2, 0.25) is 0 Å². The van der Waals surface area contributed by atoms with E-state index in [1.807, 2.05) is 6.26 Å². The summed E-state index contributed by atoms with van der Waals surface area (Å²) in [6, 6.07) is 9.99. The largest absolute Gasteiger partial charge is 0.449 e. The van der Waals surface area contributed by atoms with Gasteiger partial charge in [0.1, 0.15) is 5.03 Å². The monoisotopic (exact) mass is 350 g/mol. The molecule has 0 bridgehead atoms. The van der Waals surface area contributed by atoms with Crippen LogP contribution in [0.25, 0.3) is 0 Å². The van der Waals surface area contributed by atoms with E-state index in [9.17, 15) is 9.59 Å². The van der Waals surface area contributed by atoms with Gasteiger partial charge in [-0.1, -0.05) is 17.7 Å². The molecule has 0 aliphatic carbocycles. The second kappa shape index (κ2) is 7.99. The zero-order valence-electron chi connectivity index (χ0n) is 12.6. The Balaban J connectivity index is 2.01. The summed E-state index contributed by atoms with van der Waals surface area (Å²) in [6.07, 6.45) is 2.46. The van der Waals surface area contributed by atoms with Crippen LogP contribution in [-0.4, -0.2) is 29.2 Å². The SMILES string of the molecule is CSc1ncccc1C(=O)O[C@@H](C)C(=O)Nc1cccc(Cl)c1. The van der Waals surface area contributed by atoms with E-state index in [1.54, 1.807) is 42.6 Å². The van der Waals surface area contributed by atoms with Crippen LogP contribution >= 0.6 is 23.4 Å². The molecule has 23 heavy (non-hydrogen) atoms. The average molecular weight is 351 g/mol. The molecule has 0 aliphatic rings. The maximum atomic E-state index is 12.2. The molecule has 5 nitrogen and oxygen atoms in total. The van der Waals surface area contributed by atoms with Gasteiger partial charge < -0.3 is 10.1 Å². The predicted octanol–water partition coefficient (Wildman–Crippen LogP) is 3.64. The van der Waals surface area contributed by atoms with E-state index in [2.05, 4.69) is 10.3 Å². The van der Waals surface area contributed by atoms with Gasteiger partial charge >= 0.3 is 5.97 Å². The van der Waals surface area contributed by atoms with Crippen LogP contribution in [0.3, 0.4) is 0 Å². The van der Waals surface area contributed by atoms with Crippen LogP contribution in [-0.2, 0) is 9.53 Å². The molecule has 2 aromatic rings. The van der Waals surface area contributed by atoms with Gasteiger partial charge in [0.05, 0.1) is 5.56 Å². The summed E-state index contributed by atoms with van der Waals surface area (Å²) in [7, 11) is 0. The molecule has 0 saturated carbocycles. The molecule has 0 unspecified atom stereocenters. The lowest BCUT2D eigenvalue weighted by Gasteiger charge is -2.14. The third-order valence-corrected chi connectivity index (χ3v) is 3.88. The molecule has 0 saturated heterocycles. The number of nitrogens with zero attached hydrogens (tertiary/aromatic N) is 1. The number of rotatable bonds is 5. The van der Waals surface area contributed by atoms with Crippen LogP contribution < -0.4 is 5.32 Å². The lowest BCUT2D eigenvalue weighted by molar-refractivity contribution is -0.123. The zero-order valence-corrected chi connectivity index (χ0v) is 14.1. The van der Waals surface area contributed by atoms with E-state index in [1.165, 1.54) is 18.7 Å². The van der Waals surface area contributed by atoms with Crippen LogP contribution in [0.4, 0.5) is 5.69 Å². The first-order valence-corrected chi connectivity index (χ1v) is 8.38. The fourth-order valence-electron chi connectivity index (χ4n) is 1.80. The number of hydrogen-bond acceptors (Lipinski definition) is 5. The highest BCUT2D eigenvalue weighted by molar-refractivity contribution is 7.98. The number of thioether (sulfide) groups is 1. The topological polar surface area (TPSA) is 68.3 Å². The number of nitrogens with one attached hydrogen (secondary N) is 1. The normalized spacial score (nSPS) is 11.6. The van der Waals surface area contributed by atoms with E-state index in [-0.39, 0.29) is 0 Å². The van der Waals surface area contributed by atoms with E-state index in [0.717, 1.165) is 0 Å². The van der Waals surface area contributed by atoms with E-state index >= 15 is 0 Å². The van der Waals surface area contributed by atoms with Gasteiger partial charge in [-0.05, 0) is 43.5 Å². The van der Waals surface area contributed by atoms with Crippen molar-refractivity contribution in [3.63, 3.8) is 0 Å². The Morgan fingerprint density at radius 1 is 1.30 bits per heavy atom. The maximum Gasteiger partial charge on any atom is 0.341 e. The fraction of sp³-hybridized carbons (Fsp3) is 0.188. The molecule has 2 rings (SSSR count). The number of esters is 1. The van der Waals surface area contributed by atoms with Crippen LogP contribution in [0, 0.1) is 0 Å². The molecule has 0 spiro atoms. The van der Waals surface area contributed by atoms with Gasteiger partial charge in [0.15, 0.2) is 6.10 Å². The van der Waals surface area contributed by atoms with Crippen molar-refractivity contribution in [2.75, 3.05) is 11.6 Å². The minimum atomic E-state index is -0.948. The Morgan fingerprint density at radius 2 is 2.09 bits per heavy atom. The summed E-state index contributed by atoms with van der Waals surface area (Å²) >= 11 is 7.20. The van der Waals surface area contributed by atoms with Crippen LogP contribution in [0.2, 0.25) is 5.02 Å². The Bertz CT molecular complexity index is 724. The molecule has 0 fully saturated rings. The number of hydrogen-bond donors (Lipinski definition) is 1. The van der Waals surface area contributed by atoms with E-state index in [4.69, 9.17) is 16.3 Å². The number of carbonyl (C=O) groups is 2. The Morgan fingerprint density at radius 3 is 2.78 bits per heavy atom. The zero-order chi connectivity index (χ0) is 16.8. The highest BCUT2D eigenvalue weighted by Crippen LogP contribution is 2.19. The number of aromatic nitrogens is 1. The molecule has 1 aromatic heterocycles. The summed E-state index contributed by atoms with van der Waals surface area (Å²) in [5, 5.41) is 3.71. The van der Waals surface area contributed by atoms with E-state index in [0.29, 0.717) is 21.3 Å². The maximum absolute atomic E-state index is 12.2. The minimum Gasteiger partial charge on any atom is -0.449 e. The quantitative estimate of drug-likeness (QED) is 0.658. The minimum absolute atomic E-state index is 0.336. The first kappa shape index (κ1) is 17.3. The molecule has 1 heterocycles. The van der Waals surface area contributed by atoms with Gasteiger partial charge in [-0.3, -0.25) is 4.79 Å². The smallest absolute Gasteiger partial charge is 0.341 e. The van der Waals surface area contributed by atoms with Gasteiger partial charge in [-0.15, -0.1) is 11.8 Å². The number of carbonyl (C=O) groups excluding carboxylic acids is 2. The second-order valence-electron chi connectivity index (χ2n) is 4.61. The Hall–Kier alpha value is -2.05. The number of ether oxygens (including phenoxy) is 1. The molecule has 0 aliphatic heterocycles. The number of benzene rings is 1. The predicted molar refractivity (Wildman–Crippen MR) is 91.0 cm³/mol. The van der Waals surface area contributed by atoms with Crippen molar-refractivity contribution in [3.05, 3.63) is 53.2 Å². The van der Waals surface area contributed by atoms with Crippen molar-refractivity contribution in [1.82, 2.24) is 4.98 Å². The molecule has 1 aromatic carbocycles. The molecule has 120 valence electrons. The van der Waals surface area contributed by atoms with Crippen molar-refractivity contribution in [3.8, 4) is 0 Å². The van der Waals surface area contributed by atoms with Gasteiger partial charge in [-0.25, -0.2) is 9.78 Å². The molecule has 1 atom stereocenters. The summed E-state index contributed by atoms with van der Waals surface area (Å²) in [6.45, 7) is 1.51. The summed E-state index contributed by atoms with van der Waals surface area (Å²) in [5.74, 6) is -1.02. The van der Waals surface area contributed by atoms with Crippen molar-refractivity contribution in [2.24, 2.45) is 0 Å². The summed E-state index contributed by atoms with van der Waals surface area (Å²) in [5.41, 5.74) is 0.874. The number of anilines is 1. The Kier molecular flexibility index (Phi) is 6.01. The molecule has 0 radical (unpaired) electrons. The molecule has 1 N–H and O–H groups in total. The van der Waals surface area contributed by atoms with E-state index < -0.39 is 18.0 Å². The lowest BCUT2D eigenvalue weighted by atomic mass is 10.2. The third kappa shape index (κ3) is 4.71. The molecular formula is C16H15ClN2O3S. The lowest BCUT2D eigenvalue weighted by Crippen LogP contribution is -2.30. The summed E-state index contributed by atoms with van der Waals surface area (Å²) < 4.78 is 5.21. The van der Waals surface area contributed by atoms with Crippen LogP contribution in [0.15, 0.2) is 47.6 Å². The number of halogens is 1. The van der Waals surface area contributed by atoms with Gasteiger partial charge in [0.25, 0.3) is 5.91 Å². The Labute approximate surface area is 143 Å². The average Bonchev–Trinajstić information content (AvgIpc) is 2.54. The number of pyridine rings is 1. The van der Waals surface area contributed by atoms with Crippen molar-refractivity contribution < 1.29 is 14.3 Å². The van der Waals surface area contributed by atoms with Crippen LogP contribution in [0.1, 0.15) is 17.3 Å². The standard InChI is InChI=1S/C16H15ClN2O3S/c1-10(14(20)19-12-6-3-5-11(17)9-12)22-16(21)13-7-4-8-18-15(13)23-2/h3-10H,1-2H3,(H,19,20)/t10-/m0/s1. The van der Waals surface area contributed by atoms with Gasteiger partial charge in [-0.2, -0.15) is 0 Å². The van der Waals surface area contributed by atoms with Crippen molar-refractivity contribution in [2.45, 2.75) is 18.1 Å². The molecule has 7 heteroatoms. The fourth-order valence-corrected chi connectivity index (χ4v) is 2.52. The highest BCUT2D eigenvalue weighted by atomic mass is 35.5. The first-order chi connectivity index (χ1) is 11.0. The summed E-state index contributed by atoms with van der Waals surface area (Å²) in [4.78, 5) is 28.4. The van der Waals surface area contributed by atoms with Crippen LogP contribution in [0.5, 0.6) is 0 Å². The van der Waals surface area contributed by atoms with Gasteiger partial charge in [0, 0.05) is 16.9 Å². The number of amides is 1. The third-order valence-electron chi connectivity index (χ3n) is 2.93. The first-order valence-electron chi connectivity index (χ1n) is 6.77. The second-order valence-corrected chi connectivity index (χ2v) is 5.84. The van der Waals surface area contributed by atoms with Crippen molar-refractivity contribution >= 4 is 40.9 Å². The molecule has 1 amide bonds. The van der Waals surface area contributed by atoms with Crippen molar-refractivity contribution in [1.29, 1.82) is 0 Å². The highest BCUT2D eigenvalue weighted by Gasteiger charge is 2.21. The molecular weight excluding hydrogens is 336 g/mol.